The lowest BCUT2D eigenvalue weighted by atomic mass is 10.00. The normalized spacial score (nSPS) is 12.4. The van der Waals surface area contributed by atoms with E-state index in [2.05, 4.69) is 40.3 Å². The Hall–Kier alpha value is -3.66. The lowest BCUT2D eigenvalue weighted by molar-refractivity contribution is 0.564. The molecule has 1 N–H and O–H groups in total. The number of hydrogen-bond acceptors (Lipinski definition) is 4. The van der Waals surface area contributed by atoms with Gasteiger partial charge in [-0.3, -0.25) is 14.6 Å². The molecule has 140 valence electrons. The SMILES string of the molecule is CC(C)c1c(-c2cnn(C(C)c3ccccc3)c2)nc2c(C#N)c[nH]n2c1=O. The number of H-pyrrole nitrogens is 1. The molecule has 0 bridgehead atoms. The van der Waals surface area contributed by atoms with E-state index < -0.39 is 0 Å². The third-order valence-electron chi connectivity index (χ3n) is 4.95. The lowest BCUT2D eigenvalue weighted by Gasteiger charge is -2.13. The molecular formula is C21H20N6O. The first kappa shape index (κ1) is 17.7. The molecule has 1 atom stereocenters. The van der Waals surface area contributed by atoms with Crippen LogP contribution in [-0.4, -0.2) is 24.4 Å². The number of nitrogens with zero attached hydrogens (tertiary/aromatic N) is 5. The topological polar surface area (TPSA) is 91.8 Å². The zero-order valence-electron chi connectivity index (χ0n) is 15.9. The van der Waals surface area contributed by atoms with Crippen LogP contribution in [0.15, 0.2) is 53.7 Å². The van der Waals surface area contributed by atoms with Gasteiger partial charge in [0.1, 0.15) is 11.6 Å². The van der Waals surface area contributed by atoms with Gasteiger partial charge in [0.15, 0.2) is 5.65 Å². The average molecular weight is 372 g/mol. The molecule has 0 saturated carbocycles. The zero-order chi connectivity index (χ0) is 19.8. The van der Waals surface area contributed by atoms with Crippen LogP contribution in [0, 0.1) is 11.3 Å². The first-order valence-electron chi connectivity index (χ1n) is 9.15. The van der Waals surface area contributed by atoms with Crippen LogP contribution in [0.3, 0.4) is 0 Å². The molecule has 3 heterocycles. The molecule has 7 nitrogen and oxygen atoms in total. The highest BCUT2D eigenvalue weighted by molar-refractivity contribution is 5.67. The maximum atomic E-state index is 13.0. The van der Waals surface area contributed by atoms with Gasteiger partial charge < -0.3 is 0 Å². The summed E-state index contributed by atoms with van der Waals surface area (Å²) in [6.07, 6.45) is 5.13. The van der Waals surface area contributed by atoms with Crippen molar-refractivity contribution in [2.75, 3.05) is 0 Å². The highest BCUT2D eigenvalue weighted by Gasteiger charge is 2.21. The van der Waals surface area contributed by atoms with Gasteiger partial charge in [0.05, 0.1) is 17.9 Å². The van der Waals surface area contributed by atoms with E-state index in [1.54, 1.807) is 6.20 Å². The quantitative estimate of drug-likeness (QED) is 0.593. The highest BCUT2D eigenvalue weighted by atomic mass is 16.1. The van der Waals surface area contributed by atoms with Crippen molar-refractivity contribution >= 4 is 5.65 Å². The summed E-state index contributed by atoms with van der Waals surface area (Å²) < 4.78 is 3.19. The van der Waals surface area contributed by atoms with Gasteiger partial charge in [-0.1, -0.05) is 44.2 Å². The minimum Gasteiger partial charge on any atom is -0.295 e. The fourth-order valence-electron chi connectivity index (χ4n) is 3.41. The van der Waals surface area contributed by atoms with E-state index in [-0.39, 0.29) is 17.5 Å². The van der Waals surface area contributed by atoms with Crippen molar-refractivity contribution < 1.29 is 0 Å². The Balaban J connectivity index is 1.88. The van der Waals surface area contributed by atoms with Crippen LogP contribution in [0.4, 0.5) is 0 Å². The van der Waals surface area contributed by atoms with Crippen molar-refractivity contribution in [3.8, 4) is 17.3 Å². The molecule has 0 saturated heterocycles. The Labute approximate surface area is 161 Å². The molecule has 3 aromatic heterocycles. The van der Waals surface area contributed by atoms with Crippen molar-refractivity contribution in [2.45, 2.75) is 32.7 Å². The number of fused-ring (bicyclic) bond motifs is 1. The second kappa shape index (κ2) is 6.82. The summed E-state index contributed by atoms with van der Waals surface area (Å²) in [5.74, 6) is -0.0318. The van der Waals surface area contributed by atoms with Crippen LogP contribution in [0.5, 0.6) is 0 Å². The summed E-state index contributed by atoms with van der Waals surface area (Å²) >= 11 is 0. The standard InChI is InChI=1S/C21H20N6O/c1-13(2)18-19(25-20-16(9-22)10-24-27(20)21(18)28)17-11-23-26(12-17)14(3)15-7-5-4-6-8-15/h4-8,10-14,24H,1-3H3. The van der Waals surface area contributed by atoms with Gasteiger partial charge in [0.2, 0.25) is 0 Å². The van der Waals surface area contributed by atoms with Crippen molar-refractivity contribution in [1.82, 2.24) is 24.4 Å². The van der Waals surface area contributed by atoms with Crippen LogP contribution in [-0.2, 0) is 0 Å². The van der Waals surface area contributed by atoms with E-state index in [0.717, 1.165) is 11.1 Å². The molecule has 4 aromatic rings. The first-order chi connectivity index (χ1) is 13.5. The van der Waals surface area contributed by atoms with Gasteiger partial charge in [-0.2, -0.15) is 10.4 Å². The predicted octanol–water partition coefficient (Wildman–Crippen LogP) is 3.49. The smallest absolute Gasteiger partial charge is 0.276 e. The minimum absolute atomic E-state index is 0.0318. The van der Waals surface area contributed by atoms with Crippen molar-refractivity contribution in [1.29, 1.82) is 5.26 Å². The number of aromatic nitrogens is 5. The lowest BCUT2D eigenvalue weighted by Crippen LogP contribution is -2.22. The number of benzene rings is 1. The minimum atomic E-state index is -0.194. The van der Waals surface area contributed by atoms with E-state index in [4.69, 9.17) is 0 Å². The molecule has 0 aliphatic rings. The summed E-state index contributed by atoms with van der Waals surface area (Å²) in [5, 5.41) is 16.6. The summed E-state index contributed by atoms with van der Waals surface area (Å²) in [6, 6.07) is 12.2. The molecule has 1 unspecified atom stereocenters. The second-order valence-corrected chi connectivity index (χ2v) is 7.09. The molecule has 0 aliphatic carbocycles. The molecular weight excluding hydrogens is 352 g/mol. The molecule has 4 rings (SSSR count). The number of nitrogens with one attached hydrogen (secondary N) is 1. The van der Waals surface area contributed by atoms with Crippen LogP contribution >= 0.6 is 0 Å². The molecule has 0 amide bonds. The van der Waals surface area contributed by atoms with Crippen LogP contribution in [0.1, 0.15) is 49.4 Å². The maximum Gasteiger partial charge on any atom is 0.276 e. The summed E-state index contributed by atoms with van der Waals surface area (Å²) in [6.45, 7) is 5.99. The van der Waals surface area contributed by atoms with Gasteiger partial charge in [0, 0.05) is 23.5 Å². The Bertz CT molecular complexity index is 1240. The fraction of sp³-hybridized carbons (Fsp3) is 0.238. The molecule has 1 aromatic carbocycles. The van der Waals surface area contributed by atoms with Gasteiger partial charge in [-0.25, -0.2) is 9.50 Å². The van der Waals surface area contributed by atoms with Crippen LogP contribution < -0.4 is 5.56 Å². The van der Waals surface area contributed by atoms with E-state index in [0.29, 0.717) is 22.5 Å². The highest BCUT2D eigenvalue weighted by Crippen LogP contribution is 2.27. The Morgan fingerprint density at radius 2 is 1.93 bits per heavy atom. The molecule has 0 aliphatic heterocycles. The van der Waals surface area contributed by atoms with Gasteiger partial charge in [-0.05, 0) is 18.4 Å². The van der Waals surface area contributed by atoms with E-state index in [9.17, 15) is 10.1 Å². The molecule has 7 heteroatoms. The van der Waals surface area contributed by atoms with Gasteiger partial charge in [-0.15, -0.1) is 0 Å². The second-order valence-electron chi connectivity index (χ2n) is 7.09. The van der Waals surface area contributed by atoms with Crippen molar-refractivity contribution in [2.24, 2.45) is 0 Å². The predicted molar refractivity (Wildman–Crippen MR) is 106 cm³/mol. The van der Waals surface area contributed by atoms with Crippen molar-refractivity contribution in [3.05, 3.63) is 76.0 Å². The first-order valence-corrected chi connectivity index (χ1v) is 9.15. The van der Waals surface area contributed by atoms with E-state index in [1.807, 2.05) is 42.9 Å². The van der Waals surface area contributed by atoms with Crippen LogP contribution in [0.25, 0.3) is 16.9 Å². The maximum absolute atomic E-state index is 13.0. The molecule has 0 spiro atoms. The summed E-state index contributed by atoms with van der Waals surface area (Å²) in [4.78, 5) is 17.7. The van der Waals surface area contributed by atoms with E-state index in [1.165, 1.54) is 10.7 Å². The molecule has 0 radical (unpaired) electrons. The fourth-order valence-corrected chi connectivity index (χ4v) is 3.41. The van der Waals surface area contributed by atoms with Gasteiger partial charge >= 0.3 is 0 Å². The summed E-state index contributed by atoms with van der Waals surface area (Å²) in [5.41, 5.74) is 3.53. The van der Waals surface area contributed by atoms with Gasteiger partial charge in [0.25, 0.3) is 5.56 Å². The Morgan fingerprint density at radius 1 is 1.18 bits per heavy atom. The summed E-state index contributed by atoms with van der Waals surface area (Å²) in [7, 11) is 0. The number of hydrogen-bond donors (Lipinski definition) is 1. The van der Waals surface area contributed by atoms with E-state index >= 15 is 0 Å². The van der Waals surface area contributed by atoms with Crippen LogP contribution in [0.2, 0.25) is 0 Å². The Morgan fingerprint density at radius 3 is 2.61 bits per heavy atom. The third-order valence-corrected chi connectivity index (χ3v) is 4.95. The Kier molecular flexibility index (Phi) is 4.32. The number of nitriles is 1. The zero-order valence-corrected chi connectivity index (χ0v) is 15.9. The van der Waals surface area contributed by atoms with Crippen molar-refractivity contribution in [3.63, 3.8) is 0 Å². The average Bonchev–Trinajstić information content (AvgIpc) is 3.34. The number of rotatable bonds is 4. The largest absolute Gasteiger partial charge is 0.295 e. The monoisotopic (exact) mass is 372 g/mol. The number of aromatic amines is 1. The molecule has 0 fully saturated rings. The third kappa shape index (κ3) is 2.79. The molecule has 28 heavy (non-hydrogen) atoms.